The first-order valence-corrected chi connectivity index (χ1v) is 8.83. The number of aromatic nitrogens is 2. The van der Waals surface area contributed by atoms with Crippen LogP contribution in [0.1, 0.15) is 16.1 Å². The Bertz CT molecular complexity index is 1020. The van der Waals surface area contributed by atoms with Crippen LogP contribution in [0.15, 0.2) is 35.6 Å². The van der Waals surface area contributed by atoms with Gasteiger partial charge in [0.1, 0.15) is 24.0 Å². The van der Waals surface area contributed by atoms with Gasteiger partial charge in [-0.25, -0.2) is 23.1 Å². The van der Waals surface area contributed by atoms with Gasteiger partial charge in [-0.05, 0) is 18.2 Å². The zero-order valence-electron chi connectivity index (χ0n) is 16.4. The quantitative estimate of drug-likeness (QED) is 0.591. The molecule has 8 nitrogen and oxygen atoms in total. The topological polar surface area (TPSA) is 112 Å². The van der Waals surface area contributed by atoms with Gasteiger partial charge in [-0.3, -0.25) is 9.79 Å². The number of nitrogens with one attached hydrogen (secondary N) is 1. The number of amides is 1. The van der Waals surface area contributed by atoms with Crippen molar-refractivity contribution in [1.82, 2.24) is 9.97 Å². The number of nitrogens with two attached hydrogens (primary N) is 1. The molecule has 1 amide bonds. The van der Waals surface area contributed by atoms with E-state index in [-0.39, 0.29) is 36.2 Å². The minimum Gasteiger partial charge on any atom is -0.467 e. The molecule has 1 aromatic heterocycles. The molecule has 1 aliphatic rings. The van der Waals surface area contributed by atoms with Gasteiger partial charge >= 0.3 is 6.18 Å². The lowest BCUT2D eigenvalue weighted by Crippen LogP contribution is -2.45. The lowest BCUT2D eigenvalue weighted by atomic mass is 9.90. The zero-order valence-corrected chi connectivity index (χ0v) is 17.2. The number of ether oxygens (including phenoxy) is 2. The van der Waals surface area contributed by atoms with Crippen LogP contribution in [0.4, 0.5) is 32.0 Å². The second kappa shape index (κ2) is 10.2. The van der Waals surface area contributed by atoms with Crippen molar-refractivity contribution in [2.45, 2.75) is 18.1 Å². The first-order chi connectivity index (χ1) is 15.0. The number of carbonyl (C=O) groups is 1. The average molecular weight is 500 g/mol. The summed E-state index contributed by atoms with van der Waals surface area (Å²) in [6, 6.07) is 2.93. The molecule has 3 rings (SSSR count). The number of anilines is 1. The van der Waals surface area contributed by atoms with E-state index in [9.17, 15) is 31.1 Å². The summed E-state index contributed by atoms with van der Waals surface area (Å²) < 4.78 is 88.0. The summed E-state index contributed by atoms with van der Waals surface area (Å²) in [4.78, 5) is 23.2. The van der Waals surface area contributed by atoms with E-state index in [1.54, 1.807) is 0 Å². The molecule has 2 heterocycles. The van der Waals surface area contributed by atoms with Gasteiger partial charge in [-0.2, -0.15) is 13.2 Å². The van der Waals surface area contributed by atoms with E-state index in [0.29, 0.717) is 0 Å². The number of rotatable bonds is 6. The smallest absolute Gasteiger partial charge is 0.422 e. The van der Waals surface area contributed by atoms with Crippen molar-refractivity contribution in [2.24, 2.45) is 10.7 Å². The third-order valence-electron chi connectivity index (χ3n) is 4.21. The van der Waals surface area contributed by atoms with Crippen LogP contribution < -0.4 is 15.8 Å². The first kappa shape index (κ1) is 26.1. The first-order valence-electron chi connectivity index (χ1n) is 8.83. The van der Waals surface area contributed by atoms with Gasteiger partial charge < -0.3 is 20.5 Å². The van der Waals surface area contributed by atoms with Gasteiger partial charge in [0.2, 0.25) is 5.88 Å². The van der Waals surface area contributed by atoms with Crippen LogP contribution in [-0.4, -0.2) is 54.1 Å². The Morgan fingerprint density at radius 1 is 1.27 bits per heavy atom. The van der Waals surface area contributed by atoms with Crippen molar-refractivity contribution in [3.8, 4) is 5.88 Å². The van der Waals surface area contributed by atoms with Crippen LogP contribution in [0, 0.1) is 5.82 Å². The van der Waals surface area contributed by atoms with Crippen molar-refractivity contribution in [3.05, 3.63) is 47.7 Å². The fourth-order valence-electron chi connectivity index (χ4n) is 2.79. The molecule has 1 aliphatic heterocycles. The molecule has 0 saturated carbocycles. The van der Waals surface area contributed by atoms with Crippen molar-refractivity contribution >= 4 is 29.8 Å². The van der Waals surface area contributed by atoms with Gasteiger partial charge in [-0.15, -0.1) is 12.4 Å². The molecule has 33 heavy (non-hydrogen) atoms. The molecule has 2 aromatic rings. The Morgan fingerprint density at radius 2 is 2.00 bits per heavy atom. The van der Waals surface area contributed by atoms with Gasteiger partial charge in [-0.1, -0.05) is 0 Å². The monoisotopic (exact) mass is 499 g/mol. The summed E-state index contributed by atoms with van der Waals surface area (Å²) in [5.74, 6) is -2.61. The molecule has 3 N–H and O–H groups in total. The van der Waals surface area contributed by atoms with Gasteiger partial charge in [0.05, 0.1) is 19.0 Å². The molecule has 0 saturated heterocycles. The summed E-state index contributed by atoms with van der Waals surface area (Å²) in [5, 5.41) is 2.31. The zero-order chi connectivity index (χ0) is 23.5. The molecule has 1 aromatic carbocycles. The van der Waals surface area contributed by atoms with E-state index < -0.39 is 54.5 Å². The van der Waals surface area contributed by atoms with Crippen molar-refractivity contribution in [1.29, 1.82) is 0 Å². The molecule has 180 valence electrons. The van der Waals surface area contributed by atoms with Crippen molar-refractivity contribution < 1.29 is 40.6 Å². The van der Waals surface area contributed by atoms with E-state index in [1.165, 1.54) is 0 Å². The Balaban J connectivity index is 0.00000385. The molecule has 1 atom stereocenters. The molecular weight excluding hydrogens is 484 g/mol. The van der Waals surface area contributed by atoms with Crippen LogP contribution in [0.5, 0.6) is 5.88 Å². The van der Waals surface area contributed by atoms with E-state index in [1.807, 2.05) is 0 Å². The highest BCUT2D eigenvalue weighted by molar-refractivity contribution is 6.02. The van der Waals surface area contributed by atoms with Crippen molar-refractivity contribution in [3.63, 3.8) is 0 Å². The molecule has 0 fully saturated rings. The van der Waals surface area contributed by atoms with Crippen LogP contribution in [0.25, 0.3) is 0 Å². The number of amidine groups is 1. The number of alkyl halides is 5. The second-order valence-corrected chi connectivity index (χ2v) is 6.61. The third-order valence-corrected chi connectivity index (χ3v) is 4.21. The molecule has 0 bridgehead atoms. The lowest BCUT2D eigenvalue weighted by Gasteiger charge is -2.33. The number of halogens is 7. The number of benzene rings is 1. The number of aliphatic imine (C=N–C) groups is 1. The fourth-order valence-corrected chi connectivity index (χ4v) is 2.79. The second-order valence-electron chi connectivity index (χ2n) is 6.61. The van der Waals surface area contributed by atoms with E-state index in [0.717, 1.165) is 30.6 Å². The van der Waals surface area contributed by atoms with Gasteiger partial charge in [0, 0.05) is 11.3 Å². The Labute approximate surface area is 188 Å². The lowest BCUT2D eigenvalue weighted by molar-refractivity contribution is -0.154. The molecular formula is C18H16ClF6N5O3. The highest BCUT2D eigenvalue weighted by atomic mass is 35.5. The summed E-state index contributed by atoms with van der Waals surface area (Å²) in [7, 11) is 0. The summed E-state index contributed by atoms with van der Waals surface area (Å²) >= 11 is 0. The van der Waals surface area contributed by atoms with E-state index in [4.69, 9.17) is 10.5 Å². The Morgan fingerprint density at radius 3 is 2.58 bits per heavy atom. The van der Waals surface area contributed by atoms with Crippen LogP contribution in [-0.2, 0) is 10.3 Å². The van der Waals surface area contributed by atoms with Crippen LogP contribution >= 0.6 is 12.4 Å². The Kier molecular flexibility index (Phi) is 8.08. The van der Waals surface area contributed by atoms with Gasteiger partial charge in [0.15, 0.2) is 12.1 Å². The highest BCUT2D eigenvalue weighted by Gasteiger charge is 2.46. The Hall–Kier alpha value is -3.13. The maximum absolute atomic E-state index is 14.4. The number of carbonyl (C=O) groups excluding carboxylic acids is 1. The molecule has 0 aliphatic carbocycles. The maximum atomic E-state index is 14.4. The van der Waals surface area contributed by atoms with Crippen molar-refractivity contribution in [2.75, 3.05) is 25.1 Å². The minimum absolute atomic E-state index is 0. The predicted molar refractivity (Wildman–Crippen MR) is 105 cm³/mol. The number of hydrogen-bond acceptors (Lipinski definition) is 7. The SMILES string of the molecule is Cl.NC1=N[C@@](c2cc(NC(=O)c3cnc(OCC(F)(F)F)cn3)ccc2F)(C(F)F)COC1. The third kappa shape index (κ3) is 6.22. The van der Waals surface area contributed by atoms with E-state index in [2.05, 4.69) is 25.0 Å². The van der Waals surface area contributed by atoms with Gasteiger partial charge in [0.25, 0.3) is 12.3 Å². The molecule has 0 radical (unpaired) electrons. The normalized spacial score (nSPS) is 18.3. The summed E-state index contributed by atoms with van der Waals surface area (Å²) in [5.41, 5.74) is 2.16. The molecule has 0 spiro atoms. The minimum atomic E-state index is -4.58. The molecule has 0 unspecified atom stereocenters. The summed E-state index contributed by atoms with van der Waals surface area (Å²) in [6.07, 6.45) is -6.09. The van der Waals surface area contributed by atoms with Crippen LogP contribution in [0.3, 0.4) is 0 Å². The largest absolute Gasteiger partial charge is 0.467 e. The predicted octanol–water partition coefficient (Wildman–Crippen LogP) is 3.08. The van der Waals surface area contributed by atoms with E-state index >= 15 is 0 Å². The average Bonchev–Trinajstić information content (AvgIpc) is 2.73. The standard InChI is InChI=1S/C18H15F6N5O3.ClH/c19-11-2-1-9(3-10(11)17(16(20)21)7-31-6-13(25)29-17)28-15(30)12-4-27-14(5-26-12)32-8-18(22,23)24;/h1-5,16H,6-8H2,(H2,25,29)(H,28,30);1H/t17-;/m0./s1. The van der Waals surface area contributed by atoms with Crippen LogP contribution in [0.2, 0.25) is 0 Å². The summed E-state index contributed by atoms with van der Waals surface area (Å²) in [6.45, 7) is -2.41. The highest BCUT2D eigenvalue weighted by Crippen LogP contribution is 2.38. The number of nitrogens with zero attached hydrogens (tertiary/aromatic N) is 3. The number of hydrogen-bond donors (Lipinski definition) is 2. The molecule has 15 heteroatoms. The maximum Gasteiger partial charge on any atom is 0.422 e. The fraction of sp³-hybridized carbons (Fsp3) is 0.333.